The number of imide groups is 2. The van der Waals surface area contributed by atoms with Crippen molar-refractivity contribution in [2.45, 2.75) is 26.8 Å². The summed E-state index contributed by atoms with van der Waals surface area (Å²) in [5, 5.41) is 2.27. The van der Waals surface area contributed by atoms with Crippen LogP contribution in [0.1, 0.15) is 32.4 Å². The molecule has 2 rings (SSSR count). The van der Waals surface area contributed by atoms with Gasteiger partial charge in [-0.05, 0) is 30.5 Å². The van der Waals surface area contributed by atoms with Crippen LogP contribution in [0.4, 0.5) is 4.79 Å². The molecule has 0 aliphatic carbocycles. The lowest BCUT2D eigenvalue weighted by atomic mass is 9.91. The Morgan fingerprint density at radius 2 is 1.67 bits per heavy atom. The Bertz CT molecular complexity index is 583. The number of hydrogen-bond acceptors (Lipinski definition) is 3. The smallest absolute Gasteiger partial charge is 0.277 e. The SMILES string of the molecule is CC(C)C1C(=O)NC(=O)N(C(C)c2ccc(Br)cc2)C1=O. The van der Waals surface area contributed by atoms with Crippen LogP contribution in [-0.2, 0) is 9.59 Å². The fourth-order valence-electron chi connectivity index (χ4n) is 2.45. The summed E-state index contributed by atoms with van der Waals surface area (Å²) in [4.78, 5) is 37.5. The van der Waals surface area contributed by atoms with Gasteiger partial charge in [0.1, 0.15) is 5.92 Å². The Kier molecular flexibility index (Phi) is 4.46. The summed E-state index contributed by atoms with van der Waals surface area (Å²) in [5.74, 6) is -1.93. The summed E-state index contributed by atoms with van der Waals surface area (Å²) in [6, 6.07) is 6.30. The summed E-state index contributed by atoms with van der Waals surface area (Å²) >= 11 is 3.35. The maximum Gasteiger partial charge on any atom is 0.331 e. The van der Waals surface area contributed by atoms with Gasteiger partial charge in [-0.15, -0.1) is 0 Å². The van der Waals surface area contributed by atoms with Crippen LogP contribution in [0.3, 0.4) is 0 Å². The molecule has 1 N–H and O–H groups in total. The number of urea groups is 1. The van der Waals surface area contributed by atoms with Crippen molar-refractivity contribution in [2.75, 3.05) is 0 Å². The lowest BCUT2D eigenvalue weighted by Crippen LogP contribution is -2.59. The largest absolute Gasteiger partial charge is 0.331 e. The van der Waals surface area contributed by atoms with Gasteiger partial charge < -0.3 is 0 Å². The second-order valence-corrected chi connectivity index (χ2v) is 6.37. The number of carbonyl (C=O) groups excluding carboxylic acids is 3. The first kappa shape index (κ1) is 15.7. The van der Waals surface area contributed by atoms with E-state index in [0.29, 0.717) is 0 Å². The first-order valence-electron chi connectivity index (χ1n) is 6.76. The lowest BCUT2D eigenvalue weighted by molar-refractivity contribution is -0.145. The third-order valence-electron chi connectivity index (χ3n) is 3.64. The average molecular weight is 353 g/mol. The Morgan fingerprint density at radius 3 is 2.19 bits per heavy atom. The molecular formula is C15H17BrN2O3. The molecule has 0 bridgehead atoms. The number of barbiturate groups is 1. The molecule has 2 unspecified atom stereocenters. The molecule has 1 aliphatic rings. The first-order chi connectivity index (χ1) is 9.82. The Labute approximate surface area is 131 Å². The van der Waals surface area contributed by atoms with E-state index in [0.717, 1.165) is 14.9 Å². The third-order valence-corrected chi connectivity index (χ3v) is 4.17. The maximum absolute atomic E-state index is 12.5. The molecule has 21 heavy (non-hydrogen) atoms. The zero-order valence-electron chi connectivity index (χ0n) is 12.1. The minimum Gasteiger partial charge on any atom is -0.277 e. The fourth-order valence-corrected chi connectivity index (χ4v) is 2.71. The van der Waals surface area contributed by atoms with Gasteiger partial charge in [0.05, 0.1) is 6.04 Å². The highest BCUT2D eigenvalue weighted by atomic mass is 79.9. The molecule has 4 amide bonds. The number of halogens is 1. The molecular weight excluding hydrogens is 336 g/mol. The summed E-state index contributed by atoms with van der Waals surface area (Å²) < 4.78 is 0.920. The van der Waals surface area contributed by atoms with Gasteiger partial charge in [-0.2, -0.15) is 0 Å². The van der Waals surface area contributed by atoms with E-state index in [-0.39, 0.29) is 5.92 Å². The van der Waals surface area contributed by atoms with Crippen molar-refractivity contribution in [2.24, 2.45) is 11.8 Å². The third kappa shape index (κ3) is 3.00. The van der Waals surface area contributed by atoms with E-state index in [1.54, 1.807) is 20.8 Å². The molecule has 1 heterocycles. The van der Waals surface area contributed by atoms with Crippen LogP contribution >= 0.6 is 15.9 Å². The summed E-state index contributed by atoms with van der Waals surface area (Å²) in [6.45, 7) is 5.36. The van der Waals surface area contributed by atoms with Crippen LogP contribution in [0.5, 0.6) is 0 Å². The van der Waals surface area contributed by atoms with Crippen LogP contribution in [-0.4, -0.2) is 22.7 Å². The number of nitrogens with one attached hydrogen (secondary N) is 1. The highest BCUT2D eigenvalue weighted by Crippen LogP contribution is 2.28. The lowest BCUT2D eigenvalue weighted by Gasteiger charge is -2.35. The van der Waals surface area contributed by atoms with E-state index in [4.69, 9.17) is 0 Å². The summed E-state index contributed by atoms with van der Waals surface area (Å²) in [5.41, 5.74) is 0.832. The Morgan fingerprint density at radius 1 is 1.10 bits per heavy atom. The molecule has 0 aromatic heterocycles. The second-order valence-electron chi connectivity index (χ2n) is 5.45. The molecule has 6 heteroatoms. The molecule has 5 nitrogen and oxygen atoms in total. The van der Waals surface area contributed by atoms with Crippen molar-refractivity contribution in [1.82, 2.24) is 10.2 Å². The van der Waals surface area contributed by atoms with E-state index < -0.39 is 29.8 Å². The van der Waals surface area contributed by atoms with Gasteiger partial charge in [-0.1, -0.05) is 41.9 Å². The number of benzene rings is 1. The second kappa shape index (κ2) is 5.97. The van der Waals surface area contributed by atoms with E-state index in [1.807, 2.05) is 24.3 Å². The monoisotopic (exact) mass is 352 g/mol. The number of amides is 4. The van der Waals surface area contributed by atoms with E-state index in [2.05, 4.69) is 21.2 Å². The quantitative estimate of drug-likeness (QED) is 0.850. The van der Waals surface area contributed by atoms with E-state index >= 15 is 0 Å². The minimum atomic E-state index is -0.819. The van der Waals surface area contributed by atoms with Gasteiger partial charge in [0.15, 0.2) is 0 Å². The first-order valence-corrected chi connectivity index (χ1v) is 7.55. The number of hydrogen-bond donors (Lipinski definition) is 1. The number of rotatable bonds is 3. The number of nitrogens with zero attached hydrogens (tertiary/aromatic N) is 1. The standard InChI is InChI=1S/C15H17BrN2O3/c1-8(2)12-13(19)17-15(21)18(14(12)20)9(3)10-4-6-11(16)7-5-10/h4-9,12H,1-3H3,(H,17,19,21). The van der Waals surface area contributed by atoms with Crippen molar-refractivity contribution < 1.29 is 14.4 Å². The van der Waals surface area contributed by atoms with Crippen LogP contribution < -0.4 is 5.32 Å². The highest BCUT2D eigenvalue weighted by molar-refractivity contribution is 9.10. The van der Waals surface area contributed by atoms with Crippen LogP contribution in [0.25, 0.3) is 0 Å². The van der Waals surface area contributed by atoms with Crippen LogP contribution in [0.15, 0.2) is 28.7 Å². The maximum atomic E-state index is 12.5. The van der Waals surface area contributed by atoms with Gasteiger partial charge in [0, 0.05) is 4.47 Å². The molecule has 112 valence electrons. The topological polar surface area (TPSA) is 66.5 Å². The number of carbonyl (C=O) groups is 3. The summed E-state index contributed by atoms with van der Waals surface area (Å²) in [7, 11) is 0. The Balaban J connectivity index is 2.32. The highest BCUT2D eigenvalue weighted by Gasteiger charge is 2.44. The molecule has 0 radical (unpaired) electrons. The van der Waals surface area contributed by atoms with Crippen molar-refractivity contribution in [3.63, 3.8) is 0 Å². The predicted molar refractivity (Wildman–Crippen MR) is 81.3 cm³/mol. The van der Waals surface area contributed by atoms with Gasteiger partial charge >= 0.3 is 6.03 Å². The van der Waals surface area contributed by atoms with Crippen LogP contribution in [0.2, 0.25) is 0 Å². The van der Waals surface area contributed by atoms with Crippen LogP contribution in [0, 0.1) is 11.8 Å². The van der Waals surface area contributed by atoms with Crippen molar-refractivity contribution in [1.29, 1.82) is 0 Å². The zero-order valence-corrected chi connectivity index (χ0v) is 13.7. The molecule has 0 saturated carbocycles. The molecule has 1 aliphatic heterocycles. The molecule has 1 aromatic rings. The molecule has 1 saturated heterocycles. The Hall–Kier alpha value is -1.69. The van der Waals surface area contributed by atoms with Gasteiger partial charge in [-0.25, -0.2) is 4.79 Å². The van der Waals surface area contributed by atoms with Crippen molar-refractivity contribution in [3.05, 3.63) is 34.3 Å². The van der Waals surface area contributed by atoms with Crippen molar-refractivity contribution >= 4 is 33.8 Å². The summed E-state index contributed by atoms with van der Waals surface area (Å²) in [6.07, 6.45) is 0. The predicted octanol–water partition coefficient (Wildman–Crippen LogP) is 2.86. The minimum absolute atomic E-state index is 0.162. The van der Waals surface area contributed by atoms with Crippen molar-refractivity contribution in [3.8, 4) is 0 Å². The zero-order chi connectivity index (χ0) is 15.7. The molecule has 2 atom stereocenters. The van der Waals surface area contributed by atoms with Gasteiger partial charge in [-0.3, -0.25) is 19.8 Å². The van der Waals surface area contributed by atoms with E-state index in [1.165, 1.54) is 0 Å². The average Bonchev–Trinajstić information content (AvgIpc) is 2.38. The normalized spacial score (nSPS) is 20.7. The molecule has 1 aromatic carbocycles. The molecule has 0 spiro atoms. The fraction of sp³-hybridized carbons (Fsp3) is 0.400. The van der Waals surface area contributed by atoms with Gasteiger partial charge in [0.2, 0.25) is 11.8 Å². The van der Waals surface area contributed by atoms with Gasteiger partial charge in [0.25, 0.3) is 0 Å². The molecule has 1 fully saturated rings. The van der Waals surface area contributed by atoms with E-state index in [9.17, 15) is 14.4 Å².